The first-order valence-electron chi connectivity index (χ1n) is 5.75. The summed E-state index contributed by atoms with van der Waals surface area (Å²) < 4.78 is 4.98. The number of amides is 1. The third-order valence-corrected chi connectivity index (χ3v) is 2.79. The number of nitrogens with two attached hydrogens (primary N) is 1. The summed E-state index contributed by atoms with van der Waals surface area (Å²) in [6, 6.07) is 5.87. The van der Waals surface area contributed by atoms with Crippen LogP contribution in [0.2, 0.25) is 0 Å². The van der Waals surface area contributed by atoms with Crippen LogP contribution in [0, 0.1) is 6.92 Å². The number of anilines is 1. The molecule has 5 heteroatoms. The van der Waals surface area contributed by atoms with Crippen LogP contribution in [-0.4, -0.2) is 25.7 Å². The van der Waals surface area contributed by atoms with Crippen LogP contribution in [0.4, 0.5) is 5.69 Å². The number of methoxy groups -OCH3 is 1. The van der Waals surface area contributed by atoms with E-state index in [0.29, 0.717) is 0 Å². The third-order valence-electron chi connectivity index (χ3n) is 2.79. The van der Waals surface area contributed by atoms with E-state index in [9.17, 15) is 4.79 Å². The highest BCUT2D eigenvalue weighted by Gasteiger charge is 2.15. The van der Waals surface area contributed by atoms with Gasteiger partial charge >= 0.3 is 0 Å². The van der Waals surface area contributed by atoms with Gasteiger partial charge in [-0.05, 0) is 36.6 Å². The summed E-state index contributed by atoms with van der Waals surface area (Å²) in [7, 11) is 1.48. The molecule has 1 atom stereocenters. The van der Waals surface area contributed by atoms with Crippen LogP contribution < -0.4 is 11.1 Å². The highest BCUT2D eigenvalue weighted by atomic mass is 35.5. The Hall–Kier alpha value is -1.10. The Kier molecular flexibility index (Phi) is 7.59. The number of benzene rings is 1. The fourth-order valence-electron chi connectivity index (χ4n) is 1.66. The average Bonchev–Trinajstić information content (AvgIpc) is 2.33. The zero-order valence-corrected chi connectivity index (χ0v) is 11.8. The number of halogens is 1. The van der Waals surface area contributed by atoms with Gasteiger partial charge in [-0.3, -0.25) is 4.79 Å². The Bertz CT molecular complexity index is 393. The van der Waals surface area contributed by atoms with Crippen molar-refractivity contribution < 1.29 is 9.53 Å². The summed E-state index contributed by atoms with van der Waals surface area (Å²) in [6.07, 6.45) is 0.349. The molecule has 1 rings (SSSR count). The van der Waals surface area contributed by atoms with Gasteiger partial charge in [0.05, 0.1) is 0 Å². The number of rotatable bonds is 5. The van der Waals surface area contributed by atoms with Gasteiger partial charge in [-0.15, -0.1) is 12.4 Å². The van der Waals surface area contributed by atoms with Gasteiger partial charge in [0.25, 0.3) is 5.91 Å². The molecule has 0 bridgehead atoms. The second-order valence-electron chi connectivity index (χ2n) is 3.94. The lowest BCUT2D eigenvalue weighted by atomic mass is 10.1. The van der Waals surface area contributed by atoms with Gasteiger partial charge in [-0.2, -0.15) is 0 Å². The number of hydrogen-bond donors (Lipinski definition) is 2. The van der Waals surface area contributed by atoms with Crippen molar-refractivity contribution in [3.8, 4) is 0 Å². The number of nitrogens with one attached hydrogen (secondary N) is 1. The number of ether oxygens (including phenoxy) is 1. The van der Waals surface area contributed by atoms with Crippen LogP contribution in [0.25, 0.3) is 0 Å². The molecule has 0 aliphatic carbocycles. The van der Waals surface area contributed by atoms with Crippen molar-refractivity contribution in [2.45, 2.75) is 26.4 Å². The van der Waals surface area contributed by atoms with Crippen molar-refractivity contribution in [3.63, 3.8) is 0 Å². The van der Waals surface area contributed by atoms with E-state index in [0.717, 1.165) is 12.1 Å². The Morgan fingerprint density at radius 2 is 2.17 bits per heavy atom. The molecule has 1 amide bonds. The van der Waals surface area contributed by atoms with Gasteiger partial charge in [0, 0.05) is 19.3 Å². The molecule has 0 heterocycles. The SMILES string of the molecule is CCc1cc(NC(=O)C(CN)OC)ccc1C.Cl. The minimum Gasteiger partial charge on any atom is -0.370 e. The van der Waals surface area contributed by atoms with E-state index in [2.05, 4.69) is 19.2 Å². The molecule has 3 N–H and O–H groups in total. The van der Waals surface area contributed by atoms with E-state index in [1.165, 1.54) is 18.2 Å². The van der Waals surface area contributed by atoms with Crippen molar-refractivity contribution in [3.05, 3.63) is 29.3 Å². The van der Waals surface area contributed by atoms with Crippen LogP contribution in [0.5, 0.6) is 0 Å². The van der Waals surface area contributed by atoms with Crippen molar-refractivity contribution >= 4 is 24.0 Å². The molecule has 0 spiro atoms. The Morgan fingerprint density at radius 1 is 1.50 bits per heavy atom. The average molecular weight is 273 g/mol. The predicted octanol–water partition coefficient (Wildman–Crippen LogP) is 1.89. The minimum atomic E-state index is -0.596. The van der Waals surface area contributed by atoms with Crippen LogP contribution in [0.15, 0.2) is 18.2 Å². The van der Waals surface area contributed by atoms with Crippen molar-refractivity contribution in [2.24, 2.45) is 5.73 Å². The number of carbonyl (C=O) groups excluding carboxylic acids is 1. The molecule has 1 unspecified atom stereocenters. The quantitative estimate of drug-likeness (QED) is 0.860. The molecule has 0 aliphatic heterocycles. The maximum atomic E-state index is 11.7. The summed E-state index contributed by atoms with van der Waals surface area (Å²) in [4.78, 5) is 11.7. The van der Waals surface area contributed by atoms with Crippen LogP contribution in [0.3, 0.4) is 0 Å². The molecule has 0 radical (unpaired) electrons. The molecule has 102 valence electrons. The van der Waals surface area contributed by atoms with E-state index in [1.54, 1.807) is 0 Å². The molecule has 18 heavy (non-hydrogen) atoms. The molecule has 0 saturated carbocycles. The molecule has 1 aromatic rings. The van der Waals surface area contributed by atoms with Gasteiger partial charge < -0.3 is 15.8 Å². The van der Waals surface area contributed by atoms with Gasteiger partial charge in [0.2, 0.25) is 0 Å². The fourth-order valence-corrected chi connectivity index (χ4v) is 1.66. The Morgan fingerprint density at radius 3 is 2.67 bits per heavy atom. The molecular weight excluding hydrogens is 252 g/mol. The molecule has 1 aromatic carbocycles. The number of carbonyl (C=O) groups is 1. The molecule has 0 aromatic heterocycles. The van der Waals surface area contributed by atoms with Crippen LogP contribution >= 0.6 is 12.4 Å². The van der Waals surface area contributed by atoms with E-state index in [-0.39, 0.29) is 24.9 Å². The summed E-state index contributed by atoms with van der Waals surface area (Å²) in [5.41, 5.74) is 8.67. The predicted molar refractivity (Wildman–Crippen MR) is 76.3 cm³/mol. The van der Waals surface area contributed by atoms with Gasteiger partial charge in [-0.1, -0.05) is 13.0 Å². The lowest BCUT2D eigenvalue weighted by Crippen LogP contribution is -2.35. The largest absolute Gasteiger partial charge is 0.370 e. The second kappa shape index (κ2) is 8.08. The lowest BCUT2D eigenvalue weighted by molar-refractivity contribution is -0.125. The first kappa shape index (κ1) is 16.9. The third kappa shape index (κ3) is 4.29. The fraction of sp³-hybridized carbons (Fsp3) is 0.462. The monoisotopic (exact) mass is 272 g/mol. The maximum absolute atomic E-state index is 11.7. The molecular formula is C13H21ClN2O2. The molecule has 0 aliphatic rings. The number of aryl methyl sites for hydroxylation is 2. The number of hydrogen-bond acceptors (Lipinski definition) is 3. The lowest BCUT2D eigenvalue weighted by Gasteiger charge is -2.14. The standard InChI is InChI=1S/C13H20N2O2.ClH/c1-4-10-7-11(6-5-9(10)2)15-13(16)12(8-14)17-3;/h5-7,12H,4,8,14H2,1-3H3,(H,15,16);1H. The zero-order chi connectivity index (χ0) is 12.8. The highest BCUT2D eigenvalue weighted by molar-refractivity contribution is 5.94. The summed E-state index contributed by atoms with van der Waals surface area (Å²) in [5, 5.41) is 2.80. The maximum Gasteiger partial charge on any atom is 0.254 e. The van der Waals surface area contributed by atoms with E-state index in [4.69, 9.17) is 10.5 Å². The summed E-state index contributed by atoms with van der Waals surface area (Å²) >= 11 is 0. The molecule has 4 nitrogen and oxygen atoms in total. The van der Waals surface area contributed by atoms with E-state index in [1.807, 2.05) is 18.2 Å². The summed E-state index contributed by atoms with van der Waals surface area (Å²) in [6.45, 7) is 4.32. The smallest absolute Gasteiger partial charge is 0.254 e. The highest BCUT2D eigenvalue weighted by Crippen LogP contribution is 2.16. The topological polar surface area (TPSA) is 64.4 Å². The molecule has 0 fully saturated rings. The second-order valence-corrected chi connectivity index (χ2v) is 3.94. The van der Waals surface area contributed by atoms with Gasteiger partial charge in [0.15, 0.2) is 0 Å². The molecule has 0 saturated heterocycles. The van der Waals surface area contributed by atoms with Crippen molar-refractivity contribution in [1.29, 1.82) is 0 Å². The minimum absolute atomic E-state index is 0. The Labute approximate surface area is 114 Å². The van der Waals surface area contributed by atoms with Gasteiger partial charge in [-0.25, -0.2) is 0 Å². The van der Waals surface area contributed by atoms with Crippen molar-refractivity contribution in [2.75, 3.05) is 19.0 Å². The van der Waals surface area contributed by atoms with Crippen LogP contribution in [0.1, 0.15) is 18.1 Å². The first-order chi connectivity index (χ1) is 8.12. The Balaban J connectivity index is 0.00000289. The van der Waals surface area contributed by atoms with Gasteiger partial charge in [0.1, 0.15) is 6.10 Å². The van der Waals surface area contributed by atoms with Crippen LogP contribution in [-0.2, 0) is 16.0 Å². The summed E-state index contributed by atoms with van der Waals surface area (Å²) in [5.74, 6) is -0.207. The first-order valence-corrected chi connectivity index (χ1v) is 5.75. The zero-order valence-electron chi connectivity index (χ0n) is 11.0. The van der Waals surface area contributed by atoms with Crippen molar-refractivity contribution in [1.82, 2.24) is 0 Å². The van der Waals surface area contributed by atoms with E-state index < -0.39 is 6.10 Å². The van der Waals surface area contributed by atoms with E-state index >= 15 is 0 Å². The normalized spacial score (nSPS) is 11.6.